The standard InChI is InChI=1S/C21H23NO3/c23-21(24)25-20-18(14-8-2-1-3-9-14)16-12-6-7-13-17(16)22-19(20)15-10-4-5-11-15/h1-3,8-9,15H,4-7,10-13H2,(H,23,24). The second-order valence-corrected chi connectivity index (χ2v) is 7.05. The minimum atomic E-state index is -1.26. The van der Waals surface area contributed by atoms with Gasteiger partial charge in [-0.15, -0.1) is 0 Å². The number of hydrogen-bond acceptors (Lipinski definition) is 3. The molecule has 2 aliphatic carbocycles. The van der Waals surface area contributed by atoms with Gasteiger partial charge in [-0.2, -0.15) is 0 Å². The first kappa shape index (κ1) is 16.1. The molecule has 1 aromatic carbocycles. The maximum atomic E-state index is 11.4. The molecule has 0 aliphatic heterocycles. The molecule has 1 N–H and O–H groups in total. The van der Waals surface area contributed by atoms with Crippen LogP contribution >= 0.6 is 0 Å². The van der Waals surface area contributed by atoms with Crippen molar-refractivity contribution in [3.8, 4) is 16.9 Å². The summed E-state index contributed by atoms with van der Waals surface area (Å²) < 4.78 is 5.36. The van der Waals surface area contributed by atoms with Gasteiger partial charge in [0.15, 0.2) is 5.75 Å². The topological polar surface area (TPSA) is 59.4 Å². The van der Waals surface area contributed by atoms with E-state index in [0.29, 0.717) is 11.7 Å². The minimum absolute atomic E-state index is 0.309. The van der Waals surface area contributed by atoms with Gasteiger partial charge in [-0.25, -0.2) is 4.79 Å². The zero-order chi connectivity index (χ0) is 17.2. The summed E-state index contributed by atoms with van der Waals surface area (Å²) in [6, 6.07) is 10.0. The van der Waals surface area contributed by atoms with Gasteiger partial charge in [0.25, 0.3) is 0 Å². The molecule has 2 aromatic rings. The van der Waals surface area contributed by atoms with Crippen LogP contribution in [-0.4, -0.2) is 16.2 Å². The van der Waals surface area contributed by atoms with Crippen molar-refractivity contribution in [1.29, 1.82) is 0 Å². The number of nitrogens with zero attached hydrogens (tertiary/aromatic N) is 1. The average Bonchev–Trinajstić information content (AvgIpc) is 3.16. The minimum Gasteiger partial charge on any atom is -0.449 e. The SMILES string of the molecule is O=C(O)Oc1c(C2CCCC2)nc2c(c1-c1ccccc1)CCCC2. The molecule has 1 aromatic heterocycles. The molecule has 4 rings (SSSR count). The molecule has 0 saturated heterocycles. The summed E-state index contributed by atoms with van der Waals surface area (Å²) in [5.74, 6) is 0.787. The summed E-state index contributed by atoms with van der Waals surface area (Å²) >= 11 is 0. The Labute approximate surface area is 147 Å². The summed E-state index contributed by atoms with van der Waals surface area (Å²) in [5, 5.41) is 9.36. The maximum Gasteiger partial charge on any atom is 0.511 e. The van der Waals surface area contributed by atoms with E-state index in [0.717, 1.165) is 61.0 Å². The van der Waals surface area contributed by atoms with E-state index in [1.165, 1.54) is 18.4 Å². The van der Waals surface area contributed by atoms with E-state index in [1.807, 2.05) is 30.3 Å². The lowest BCUT2D eigenvalue weighted by Crippen LogP contribution is -2.16. The average molecular weight is 337 g/mol. The van der Waals surface area contributed by atoms with Crippen molar-refractivity contribution in [2.45, 2.75) is 57.3 Å². The van der Waals surface area contributed by atoms with E-state index in [4.69, 9.17) is 9.72 Å². The fourth-order valence-electron chi connectivity index (χ4n) is 4.32. The molecule has 25 heavy (non-hydrogen) atoms. The predicted octanol–water partition coefficient (Wildman–Crippen LogP) is 5.34. The highest BCUT2D eigenvalue weighted by atomic mass is 16.7. The Morgan fingerprint density at radius 2 is 1.76 bits per heavy atom. The second-order valence-electron chi connectivity index (χ2n) is 7.05. The molecule has 0 radical (unpaired) electrons. The molecule has 0 atom stereocenters. The Morgan fingerprint density at radius 3 is 2.48 bits per heavy atom. The first-order valence-corrected chi connectivity index (χ1v) is 9.26. The first-order valence-electron chi connectivity index (χ1n) is 9.26. The molecule has 1 fully saturated rings. The molecule has 1 heterocycles. The number of hydrogen-bond donors (Lipinski definition) is 1. The van der Waals surface area contributed by atoms with E-state index >= 15 is 0 Å². The van der Waals surface area contributed by atoms with Crippen LogP contribution in [0.15, 0.2) is 30.3 Å². The Kier molecular flexibility index (Phi) is 4.43. The molecule has 2 aliphatic rings. The highest BCUT2D eigenvalue weighted by molar-refractivity contribution is 5.79. The van der Waals surface area contributed by atoms with Crippen LogP contribution in [0.1, 0.15) is 61.4 Å². The Bertz CT molecular complexity index is 779. The Balaban J connectivity index is 1.97. The van der Waals surface area contributed by atoms with Gasteiger partial charge in [-0.1, -0.05) is 43.2 Å². The number of fused-ring (bicyclic) bond motifs is 1. The van der Waals surface area contributed by atoms with Crippen LogP contribution in [0.3, 0.4) is 0 Å². The summed E-state index contributed by atoms with van der Waals surface area (Å²) in [7, 11) is 0. The van der Waals surface area contributed by atoms with Crippen molar-refractivity contribution in [2.75, 3.05) is 0 Å². The summed E-state index contributed by atoms with van der Waals surface area (Å²) in [5.41, 5.74) is 5.16. The number of pyridine rings is 1. The maximum absolute atomic E-state index is 11.4. The quantitative estimate of drug-likeness (QED) is 0.768. The largest absolute Gasteiger partial charge is 0.511 e. The van der Waals surface area contributed by atoms with Gasteiger partial charge in [-0.05, 0) is 49.7 Å². The zero-order valence-corrected chi connectivity index (χ0v) is 14.3. The van der Waals surface area contributed by atoms with E-state index < -0.39 is 6.16 Å². The van der Waals surface area contributed by atoms with Crippen LogP contribution in [0.5, 0.6) is 5.75 Å². The van der Waals surface area contributed by atoms with Crippen molar-refractivity contribution in [2.24, 2.45) is 0 Å². The van der Waals surface area contributed by atoms with Gasteiger partial charge >= 0.3 is 6.16 Å². The molecule has 0 amide bonds. The normalized spacial score (nSPS) is 17.3. The molecule has 0 bridgehead atoms. The van der Waals surface area contributed by atoms with Gasteiger partial charge in [-0.3, -0.25) is 4.98 Å². The summed E-state index contributed by atoms with van der Waals surface area (Å²) in [4.78, 5) is 16.4. The number of rotatable bonds is 3. The number of aryl methyl sites for hydroxylation is 1. The van der Waals surface area contributed by atoms with Crippen molar-refractivity contribution < 1.29 is 14.6 Å². The van der Waals surface area contributed by atoms with Gasteiger partial charge in [0, 0.05) is 17.2 Å². The van der Waals surface area contributed by atoms with Gasteiger partial charge in [0.2, 0.25) is 0 Å². The second kappa shape index (κ2) is 6.87. The third-order valence-electron chi connectivity index (χ3n) is 5.45. The molecule has 130 valence electrons. The molecule has 4 heteroatoms. The fraction of sp³-hybridized carbons (Fsp3) is 0.429. The van der Waals surface area contributed by atoms with Gasteiger partial charge in [0.05, 0.1) is 5.69 Å². The van der Waals surface area contributed by atoms with Crippen molar-refractivity contribution in [3.63, 3.8) is 0 Å². The number of ether oxygens (including phenoxy) is 1. The van der Waals surface area contributed by atoms with E-state index in [1.54, 1.807) is 0 Å². The van der Waals surface area contributed by atoms with Crippen LogP contribution in [0, 0.1) is 0 Å². The first-order chi connectivity index (χ1) is 12.2. The van der Waals surface area contributed by atoms with Crippen molar-refractivity contribution in [1.82, 2.24) is 4.98 Å². The van der Waals surface area contributed by atoms with E-state index in [2.05, 4.69) is 0 Å². The Hall–Kier alpha value is -2.36. The smallest absolute Gasteiger partial charge is 0.449 e. The van der Waals surface area contributed by atoms with Crippen LogP contribution in [-0.2, 0) is 12.8 Å². The van der Waals surface area contributed by atoms with Crippen molar-refractivity contribution >= 4 is 6.16 Å². The molecule has 4 nitrogen and oxygen atoms in total. The monoisotopic (exact) mass is 337 g/mol. The van der Waals surface area contributed by atoms with E-state index in [9.17, 15) is 9.90 Å². The third-order valence-corrected chi connectivity index (χ3v) is 5.45. The third kappa shape index (κ3) is 3.13. The Morgan fingerprint density at radius 1 is 1.04 bits per heavy atom. The lowest BCUT2D eigenvalue weighted by Gasteiger charge is -2.25. The zero-order valence-electron chi connectivity index (χ0n) is 14.3. The predicted molar refractivity (Wildman–Crippen MR) is 96.2 cm³/mol. The van der Waals surface area contributed by atoms with Crippen LogP contribution < -0.4 is 4.74 Å². The molecule has 1 saturated carbocycles. The van der Waals surface area contributed by atoms with Crippen molar-refractivity contribution in [3.05, 3.63) is 47.3 Å². The number of benzene rings is 1. The highest BCUT2D eigenvalue weighted by Gasteiger charge is 2.30. The van der Waals surface area contributed by atoms with Crippen LogP contribution in [0.25, 0.3) is 11.1 Å². The molecule has 0 spiro atoms. The molecular weight excluding hydrogens is 314 g/mol. The summed E-state index contributed by atoms with van der Waals surface area (Å²) in [6.45, 7) is 0. The van der Waals surface area contributed by atoms with E-state index in [-0.39, 0.29) is 0 Å². The molecular formula is C21H23NO3. The van der Waals surface area contributed by atoms with Gasteiger partial charge in [0.1, 0.15) is 0 Å². The fourth-order valence-corrected chi connectivity index (χ4v) is 4.32. The van der Waals surface area contributed by atoms with Crippen LogP contribution in [0.4, 0.5) is 4.79 Å². The lowest BCUT2D eigenvalue weighted by atomic mass is 9.86. The number of aromatic nitrogens is 1. The highest BCUT2D eigenvalue weighted by Crippen LogP contribution is 2.45. The van der Waals surface area contributed by atoms with Crippen LogP contribution in [0.2, 0.25) is 0 Å². The molecule has 0 unspecified atom stereocenters. The summed E-state index contributed by atoms with van der Waals surface area (Å²) in [6.07, 6.45) is 7.41. The van der Waals surface area contributed by atoms with Gasteiger partial charge < -0.3 is 9.84 Å². The number of carbonyl (C=O) groups is 1. The lowest BCUT2D eigenvalue weighted by molar-refractivity contribution is 0.143. The number of carboxylic acid groups (broad SMARTS) is 1.